The second-order valence-corrected chi connectivity index (χ2v) is 9.73. The van der Waals surface area contributed by atoms with E-state index in [4.69, 9.17) is 9.47 Å². The van der Waals surface area contributed by atoms with Gasteiger partial charge in [0, 0.05) is 18.5 Å². The van der Waals surface area contributed by atoms with Gasteiger partial charge in [0.2, 0.25) is 10.0 Å². The molecular formula is C23H30N2O5S. The zero-order chi connectivity index (χ0) is 23.1. The SMILES string of the molecule is COc1ccc(CNS(=O)(=O)/C=C/c2cc(C)ccc2CNC(=O)OC(C)(C)C)cc1. The van der Waals surface area contributed by atoms with Gasteiger partial charge in [0.25, 0.3) is 0 Å². The summed E-state index contributed by atoms with van der Waals surface area (Å²) < 4.78 is 37.7. The highest BCUT2D eigenvalue weighted by molar-refractivity contribution is 7.92. The van der Waals surface area contributed by atoms with Gasteiger partial charge in [-0.3, -0.25) is 0 Å². The van der Waals surface area contributed by atoms with Gasteiger partial charge in [0.1, 0.15) is 11.4 Å². The van der Waals surface area contributed by atoms with Crippen LogP contribution in [0.3, 0.4) is 0 Å². The van der Waals surface area contributed by atoms with E-state index in [2.05, 4.69) is 10.0 Å². The third-order valence-corrected chi connectivity index (χ3v) is 5.23. The first-order valence-corrected chi connectivity index (χ1v) is 11.4. The summed E-state index contributed by atoms with van der Waals surface area (Å²) in [6, 6.07) is 12.8. The number of hydrogen-bond donors (Lipinski definition) is 2. The van der Waals surface area contributed by atoms with Crippen LogP contribution >= 0.6 is 0 Å². The second kappa shape index (κ2) is 10.5. The molecule has 31 heavy (non-hydrogen) atoms. The molecule has 1 amide bonds. The van der Waals surface area contributed by atoms with Crippen molar-refractivity contribution in [2.24, 2.45) is 0 Å². The number of rotatable bonds is 8. The fourth-order valence-corrected chi connectivity index (χ4v) is 3.44. The standard InChI is InChI=1S/C23H30N2O5S/c1-17-6-9-20(16-24-22(26)30-23(2,3)4)19(14-17)12-13-31(27,28)25-15-18-7-10-21(29-5)11-8-18/h6-14,25H,15-16H2,1-5H3,(H,24,26)/b13-12+. The van der Waals surface area contributed by atoms with E-state index >= 15 is 0 Å². The summed E-state index contributed by atoms with van der Waals surface area (Å²) in [5.74, 6) is 0.707. The Bertz CT molecular complexity index is 1020. The Kier molecular flexibility index (Phi) is 8.24. The maximum Gasteiger partial charge on any atom is 0.407 e. The topological polar surface area (TPSA) is 93.7 Å². The molecule has 2 aromatic rings. The Morgan fingerprint density at radius 1 is 1.06 bits per heavy atom. The summed E-state index contributed by atoms with van der Waals surface area (Å²) >= 11 is 0. The van der Waals surface area contributed by atoms with Crippen LogP contribution in [0.25, 0.3) is 6.08 Å². The van der Waals surface area contributed by atoms with Gasteiger partial charge < -0.3 is 14.8 Å². The average Bonchev–Trinajstić information content (AvgIpc) is 2.69. The van der Waals surface area contributed by atoms with E-state index < -0.39 is 21.7 Å². The van der Waals surface area contributed by atoms with Gasteiger partial charge in [-0.25, -0.2) is 17.9 Å². The van der Waals surface area contributed by atoms with Gasteiger partial charge in [-0.05, 0) is 62.6 Å². The lowest BCUT2D eigenvalue weighted by Crippen LogP contribution is -2.32. The molecule has 0 aliphatic heterocycles. The molecule has 0 radical (unpaired) electrons. The van der Waals surface area contributed by atoms with Crippen LogP contribution in [0, 0.1) is 6.92 Å². The van der Waals surface area contributed by atoms with Gasteiger partial charge in [-0.1, -0.05) is 35.9 Å². The molecule has 0 aromatic heterocycles. The molecule has 0 bridgehead atoms. The predicted molar refractivity (Wildman–Crippen MR) is 122 cm³/mol. The zero-order valence-electron chi connectivity index (χ0n) is 18.6. The summed E-state index contributed by atoms with van der Waals surface area (Å²) in [5.41, 5.74) is 2.67. The van der Waals surface area contributed by atoms with Crippen molar-refractivity contribution >= 4 is 22.2 Å². The van der Waals surface area contributed by atoms with Crippen LogP contribution in [0.1, 0.15) is 43.0 Å². The maximum absolute atomic E-state index is 12.4. The highest BCUT2D eigenvalue weighted by Crippen LogP contribution is 2.16. The fourth-order valence-electron chi connectivity index (χ4n) is 2.65. The molecule has 0 saturated carbocycles. The van der Waals surface area contributed by atoms with Crippen molar-refractivity contribution in [2.75, 3.05) is 7.11 Å². The number of sulfonamides is 1. The molecule has 168 valence electrons. The number of nitrogens with one attached hydrogen (secondary N) is 2. The van der Waals surface area contributed by atoms with Gasteiger partial charge in [-0.2, -0.15) is 0 Å². The highest BCUT2D eigenvalue weighted by atomic mass is 32.2. The average molecular weight is 447 g/mol. The normalized spacial score (nSPS) is 12.0. The monoisotopic (exact) mass is 446 g/mol. The van der Waals surface area contributed by atoms with Crippen LogP contribution in [0.4, 0.5) is 4.79 Å². The Balaban J connectivity index is 2.05. The van der Waals surface area contributed by atoms with Gasteiger partial charge in [0.05, 0.1) is 7.11 Å². The van der Waals surface area contributed by atoms with Crippen molar-refractivity contribution in [3.63, 3.8) is 0 Å². The molecule has 0 unspecified atom stereocenters. The third-order valence-electron chi connectivity index (χ3n) is 4.19. The van der Waals surface area contributed by atoms with Crippen molar-refractivity contribution in [3.05, 3.63) is 70.1 Å². The van der Waals surface area contributed by atoms with Crippen LogP contribution in [0.2, 0.25) is 0 Å². The van der Waals surface area contributed by atoms with Crippen LogP contribution in [-0.4, -0.2) is 27.2 Å². The first-order chi connectivity index (χ1) is 14.5. The van der Waals surface area contributed by atoms with Gasteiger partial charge in [0.15, 0.2) is 0 Å². The Hall–Kier alpha value is -2.84. The molecule has 0 spiro atoms. The van der Waals surface area contributed by atoms with E-state index in [-0.39, 0.29) is 13.1 Å². The van der Waals surface area contributed by atoms with Crippen LogP contribution in [0.15, 0.2) is 47.9 Å². The molecule has 2 aromatic carbocycles. The summed E-state index contributed by atoms with van der Waals surface area (Å²) in [7, 11) is -2.08. The first kappa shape index (κ1) is 24.4. The smallest absolute Gasteiger partial charge is 0.407 e. The molecule has 8 heteroatoms. The van der Waals surface area contributed by atoms with Crippen LogP contribution in [-0.2, 0) is 27.8 Å². The molecule has 0 atom stereocenters. The minimum Gasteiger partial charge on any atom is -0.497 e. The van der Waals surface area contributed by atoms with E-state index in [1.54, 1.807) is 52.1 Å². The number of hydrogen-bond acceptors (Lipinski definition) is 5. The summed E-state index contributed by atoms with van der Waals surface area (Å²) in [5, 5.41) is 3.83. The quantitative estimate of drug-likeness (QED) is 0.636. The second-order valence-electron chi connectivity index (χ2n) is 8.07. The van der Waals surface area contributed by atoms with Crippen LogP contribution < -0.4 is 14.8 Å². The number of carbonyl (C=O) groups is 1. The summed E-state index contributed by atoms with van der Waals surface area (Å²) in [6.45, 7) is 7.66. The minimum atomic E-state index is -3.65. The zero-order valence-corrected chi connectivity index (χ0v) is 19.4. The van der Waals surface area contributed by atoms with Crippen LogP contribution in [0.5, 0.6) is 5.75 Å². The Labute approximate surface area is 184 Å². The number of carbonyl (C=O) groups excluding carboxylic acids is 1. The van der Waals surface area contributed by atoms with Gasteiger partial charge >= 0.3 is 6.09 Å². The van der Waals surface area contributed by atoms with Crippen molar-refractivity contribution in [3.8, 4) is 5.75 Å². The molecule has 0 heterocycles. The molecule has 0 aliphatic carbocycles. The summed E-state index contributed by atoms with van der Waals surface area (Å²) in [6.07, 6.45) is 0.993. The highest BCUT2D eigenvalue weighted by Gasteiger charge is 2.16. The summed E-state index contributed by atoms with van der Waals surface area (Å²) in [4.78, 5) is 11.9. The number of ether oxygens (including phenoxy) is 2. The molecule has 0 saturated heterocycles. The first-order valence-electron chi connectivity index (χ1n) is 9.84. The van der Waals surface area contributed by atoms with E-state index in [9.17, 15) is 13.2 Å². The largest absolute Gasteiger partial charge is 0.497 e. The number of amides is 1. The van der Waals surface area contributed by atoms with Crippen molar-refractivity contribution in [2.45, 2.75) is 46.4 Å². The van der Waals surface area contributed by atoms with Crippen molar-refractivity contribution in [1.82, 2.24) is 10.0 Å². The predicted octanol–water partition coefficient (Wildman–Crippen LogP) is 4.12. The van der Waals surface area contributed by atoms with E-state index in [0.717, 1.165) is 22.1 Å². The van der Waals surface area contributed by atoms with E-state index in [0.29, 0.717) is 11.3 Å². The lowest BCUT2D eigenvalue weighted by molar-refractivity contribution is 0.0523. The molecular weight excluding hydrogens is 416 g/mol. The third kappa shape index (κ3) is 8.82. The lowest BCUT2D eigenvalue weighted by atomic mass is 10.0. The van der Waals surface area contributed by atoms with E-state index in [1.165, 1.54) is 6.08 Å². The van der Waals surface area contributed by atoms with Crippen molar-refractivity contribution in [1.29, 1.82) is 0 Å². The Morgan fingerprint density at radius 2 is 1.74 bits per heavy atom. The number of aryl methyl sites for hydroxylation is 1. The number of benzene rings is 2. The van der Waals surface area contributed by atoms with Gasteiger partial charge in [-0.15, -0.1) is 0 Å². The Morgan fingerprint density at radius 3 is 2.35 bits per heavy atom. The minimum absolute atomic E-state index is 0.164. The number of methoxy groups -OCH3 is 1. The fraction of sp³-hybridized carbons (Fsp3) is 0.348. The molecule has 7 nitrogen and oxygen atoms in total. The molecule has 2 N–H and O–H groups in total. The maximum atomic E-state index is 12.4. The lowest BCUT2D eigenvalue weighted by Gasteiger charge is -2.20. The molecule has 0 aliphatic rings. The number of alkyl carbamates (subject to hydrolysis) is 1. The van der Waals surface area contributed by atoms with Crippen molar-refractivity contribution < 1.29 is 22.7 Å². The molecule has 2 rings (SSSR count). The van der Waals surface area contributed by atoms with E-state index in [1.807, 2.05) is 25.1 Å². The molecule has 0 fully saturated rings.